The van der Waals surface area contributed by atoms with Crippen LogP contribution in [0, 0.1) is 10.1 Å². The molecular weight excluding hydrogens is 298 g/mol. The normalized spacial score (nSPS) is 27.3. The number of morpholine rings is 1. The quantitative estimate of drug-likeness (QED) is 0.607. The minimum Gasteiger partial charge on any atom is -0.485 e. The van der Waals surface area contributed by atoms with Gasteiger partial charge in [-0.05, 0) is 7.05 Å². The first-order valence-corrected chi connectivity index (χ1v) is 8.08. The zero-order valence-corrected chi connectivity index (χ0v) is 13.3. The highest BCUT2D eigenvalue weighted by atomic mass is 16.6. The molecule has 3 heterocycles. The van der Waals surface area contributed by atoms with Gasteiger partial charge >= 0.3 is 0 Å². The molecule has 23 heavy (non-hydrogen) atoms. The van der Waals surface area contributed by atoms with Crippen LogP contribution < -0.4 is 9.64 Å². The van der Waals surface area contributed by atoms with E-state index in [1.54, 1.807) is 6.07 Å². The van der Waals surface area contributed by atoms with Gasteiger partial charge in [0.1, 0.15) is 17.0 Å². The van der Waals surface area contributed by atoms with Gasteiger partial charge in [0.05, 0.1) is 18.1 Å². The van der Waals surface area contributed by atoms with Gasteiger partial charge in [0.25, 0.3) is 5.69 Å². The Morgan fingerprint density at radius 2 is 2.04 bits per heavy atom. The number of anilines is 1. The molecule has 3 aliphatic heterocycles. The molecule has 1 atom stereocenters. The van der Waals surface area contributed by atoms with E-state index >= 15 is 0 Å². The number of hydrogen-bond donors (Lipinski definition) is 0. The summed E-state index contributed by atoms with van der Waals surface area (Å²) >= 11 is 0. The summed E-state index contributed by atoms with van der Waals surface area (Å²) in [6.45, 7) is 4.43. The predicted molar refractivity (Wildman–Crippen MR) is 85.3 cm³/mol. The molecule has 1 unspecified atom stereocenters. The second kappa shape index (κ2) is 5.35. The van der Waals surface area contributed by atoms with Crippen LogP contribution in [0.1, 0.15) is 12.0 Å². The summed E-state index contributed by atoms with van der Waals surface area (Å²) in [5.41, 5.74) is 1.59. The number of rotatable bonds is 2. The first-order valence-electron chi connectivity index (χ1n) is 8.08. The summed E-state index contributed by atoms with van der Waals surface area (Å²) in [7, 11) is 2.09. The minimum atomic E-state index is -0.281. The Kier molecular flexibility index (Phi) is 3.42. The third kappa shape index (κ3) is 2.53. The number of likely N-dealkylation sites (tertiary alicyclic amines) is 1. The van der Waals surface area contributed by atoms with E-state index in [1.807, 2.05) is 11.0 Å². The molecule has 2 fully saturated rings. The molecule has 1 aromatic carbocycles. The molecule has 4 rings (SSSR count). The highest BCUT2D eigenvalue weighted by Crippen LogP contribution is 2.45. The predicted octanol–water partition coefficient (Wildman–Crippen LogP) is 1.44. The van der Waals surface area contributed by atoms with Crippen LogP contribution >= 0.6 is 0 Å². The van der Waals surface area contributed by atoms with E-state index in [0.717, 1.165) is 37.2 Å². The fraction of sp³-hybridized carbons (Fsp3) is 0.625. The fourth-order valence-corrected chi connectivity index (χ4v) is 3.93. The van der Waals surface area contributed by atoms with E-state index in [1.165, 1.54) is 0 Å². The lowest BCUT2D eigenvalue weighted by atomic mass is 9.96. The summed E-state index contributed by atoms with van der Waals surface area (Å²) in [5, 5.41) is 11.5. The van der Waals surface area contributed by atoms with Crippen LogP contribution in [0.3, 0.4) is 0 Å². The maximum absolute atomic E-state index is 11.5. The lowest BCUT2D eigenvalue weighted by Gasteiger charge is -2.28. The number of nitro groups is 1. The van der Waals surface area contributed by atoms with Crippen LogP contribution in [0.15, 0.2) is 12.1 Å². The molecule has 3 aliphatic rings. The number of ether oxygens (including phenoxy) is 2. The van der Waals surface area contributed by atoms with Crippen LogP contribution in [0.2, 0.25) is 0 Å². The van der Waals surface area contributed by atoms with Gasteiger partial charge in [0.2, 0.25) is 0 Å². The van der Waals surface area contributed by atoms with Crippen molar-refractivity contribution in [3.63, 3.8) is 0 Å². The van der Waals surface area contributed by atoms with Gasteiger partial charge in [-0.15, -0.1) is 0 Å². The van der Waals surface area contributed by atoms with Gasteiger partial charge in [-0.1, -0.05) is 0 Å². The van der Waals surface area contributed by atoms with Crippen LogP contribution in [-0.2, 0) is 11.2 Å². The molecule has 0 aromatic heterocycles. The molecule has 124 valence electrons. The third-order valence-electron chi connectivity index (χ3n) is 5.05. The Morgan fingerprint density at radius 3 is 2.70 bits per heavy atom. The number of fused-ring (bicyclic) bond motifs is 1. The smallest absolute Gasteiger partial charge is 0.293 e. The number of hydrogen-bond acceptors (Lipinski definition) is 6. The first-order chi connectivity index (χ1) is 11.1. The number of nitro benzene ring substituents is 1. The van der Waals surface area contributed by atoms with Gasteiger partial charge in [-0.25, -0.2) is 0 Å². The van der Waals surface area contributed by atoms with Gasteiger partial charge in [-0.2, -0.15) is 0 Å². The lowest BCUT2D eigenvalue weighted by molar-refractivity contribution is -0.384. The highest BCUT2D eigenvalue weighted by Gasteiger charge is 2.45. The van der Waals surface area contributed by atoms with Crippen molar-refractivity contribution >= 4 is 11.4 Å². The molecule has 2 saturated heterocycles. The number of likely N-dealkylation sites (N-methyl/N-ethyl adjacent to an activating group) is 1. The second-order valence-electron chi connectivity index (χ2n) is 6.75. The van der Waals surface area contributed by atoms with E-state index in [0.29, 0.717) is 32.0 Å². The molecule has 1 spiro atoms. The third-order valence-corrected chi connectivity index (χ3v) is 5.05. The summed E-state index contributed by atoms with van der Waals surface area (Å²) in [4.78, 5) is 15.5. The summed E-state index contributed by atoms with van der Waals surface area (Å²) in [6, 6.07) is 3.58. The molecule has 0 saturated carbocycles. The zero-order valence-electron chi connectivity index (χ0n) is 13.3. The molecule has 7 heteroatoms. The maximum Gasteiger partial charge on any atom is 0.293 e. The lowest BCUT2D eigenvalue weighted by Crippen LogP contribution is -2.37. The van der Waals surface area contributed by atoms with Crippen molar-refractivity contribution in [1.82, 2.24) is 4.90 Å². The van der Waals surface area contributed by atoms with E-state index in [2.05, 4.69) is 11.9 Å². The van der Waals surface area contributed by atoms with Crippen molar-refractivity contribution in [3.05, 3.63) is 27.8 Å². The highest BCUT2D eigenvalue weighted by molar-refractivity contribution is 5.69. The first kappa shape index (κ1) is 14.7. The largest absolute Gasteiger partial charge is 0.485 e. The van der Waals surface area contributed by atoms with E-state index in [9.17, 15) is 10.1 Å². The minimum absolute atomic E-state index is 0.178. The molecular formula is C16H21N3O4. The van der Waals surface area contributed by atoms with E-state index < -0.39 is 0 Å². The van der Waals surface area contributed by atoms with Gasteiger partial charge < -0.3 is 19.3 Å². The van der Waals surface area contributed by atoms with E-state index in [-0.39, 0.29) is 16.2 Å². The summed E-state index contributed by atoms with van der Waals surface area (Å²) < 4.78 is 11.6. The number of nitrogens with zero attached hydrogens (tertiary/aromatic N) is 3. The molecule has 0 N–H and O–H groups in total. The SMILES string of the molecule is CN1CCC2(Cc3cc([N+](=O)[O-])c(N4CCOCC4)cc3O2)C1. The van der Waals surface area contributed by atoms with Crippen LogP contribution in [0.25, 0.3) is 0 Å². The van der Waals surface area contributed by atoms with Gasteiger partial charge in [-0.3, -0.25) is 10.1 Å². The number of benzene rings is 1. The van der Waals surface area contributed by atoms with E-state index in [4.69, 9.17) is 9.47 Å². The molecule has 7 nitrogen and oxygen atoms in total. The van der Waals surface area contributed by atoms with Gasteiger partial charge in [0, 0.05) is 56.7 Å². The standard InChI is InChI=1S/C16H21N3O4/c1-17-3-2-16(11-17)10-12-8-14(19(20)21)13(9-15(12)23-16)18-4-6-22-7-5-18/h8-9H,2-7,10-11H2,1H3. The molecule has 0 bridgehead atoms. The Hall–Kier alpha value is -1.86. The van der Waals surface area contributed by atoms with Crippen LogP contribution in [0.5, 0.6) is 5.75 Å². The molecule has 0 radical (unpaired) electrons. The van der Waals surface area contributed by atoms with Crippen molar-refractivity contribution in [2.24, 2.45) is 0 Å². The van der Waals surface area contributed by atoms with Crippen molar-refractivity contribution in [1.29, 1.82) is 0 Å². The van der Waals surface area contributed by atoms with Crippen LogP contribution in [0.4, 0.5) is 11.4 Å². The Labute approximate surface area is 134 Å². The average Bonchev–Trinajstić information content (AvgIpc) is 3.08. The molecule has 0 aliphatic carbocycles. The van der Waals surface area contributed by atoms with Crippen molar-refractivity contribution in [3.8, 4) is 5.75 Å². The average molecular weight is 319 g/mol. The van der Waals surface area contributed by atoms with Crippen LogP contribution in [-0.4, -0.2) is 61.9 Å². The molecule has 0 amide bonds. The Bertz CT molecular complexity index is 644. The molecule has 1 aromatic rings. The topological polar surface area (TPSA) is 68.1 Å². The van der Waals surface area contributed by atoms with Crippen molar-refractivity contribution < 1.29 is 14.4 Å². The maximum atomic E-state index is 11.5. The van der Waals surface area contributed by atoms with Crippen molar-refractivity contribution in [2.75, 3.05) is 51.3 Å². The zero-order chi connectivity index (χ0) is 16.0. The second-order valence-corrected chi connectivity index (χ2v) is 6.75. The van der Waals surface area contributed by atoms with Crippen molar-refractivity contribution in [2.45, 2.75) is 18.4 Å². The summed E-state index contributed by atoms with van der Waals surface area (Å²) in [6.07, 6.45) is 1.73. The monoisotopic (exact) mass is 319 g/mol. The van der Waals surface area contributed by atoms with Gasteiger partial charge in [0.15, 0.2) is 0 Å². The Morgan fingerprint density at radius 1 is 1.26 bits per heavy atom. The summed E-state index contributed by atoms with van der Waals surface area (Å²) in [5.74, 6) is 0.812. The Balaban J connectivity index is 1.69. The fourth-order valence-electron chi connectivity index (χ4n) is 3.93.